The summed E-state index contributed by atoms with van der Waals surface area (Å²) in [4.78, 5) is 0. The van der Waals surface area contributed by atoms with Gasteiger partial charge in [-0.15, -0.1) is 0 Å². The van der Waals surface area contributed by atoms with Gasteiger partial charge in [0.05, 0.1) is 11.1 Å². The van der Waals surface area contributed by atoms with E-state index in [2.05, 4.69) is 78.2 Å². The Morgan fingerprint density at radius 1 is 0.630 bits per heavy atom. The fraction of sp³-hybridized carbons (Fsp3) is 0.0400. The van der Waals surface area contributed by atoms with Crippen molar-refractivity contribution < 1.29 is 0 Å². The Labute approximate surface area is 158 Å². The highest BCUT2D eigenvalue weighted by atomic mass is 14.6. The first-order valence-corrected chi connectivity index (χ1v) is 8.96. The zero-order chi connectivity index (χ0) is 18.4. The van der Waals surface area contributed by atoms with Crippen LogP contribution in [0.4, 0.5) is 5.69 Å². The summed E-state index contributed by atoms with van der Waals surface area (Å²) in [6.07, 6.45) is 3.95. The summed E-state index contributed by atoms with van der Waals surface area (Å²) >= 11 is 0. The van der Waals surface area contributed by atoms with E-state index in [1.165, 1.54) is 22.3 Å². The van der Waals surface area contributed by atoms with Crippen LogP contribution in [0.3, 0.4) is 0 Å². The molecule has 3 aromatic rings. The lowest BCUT2D eigenvalue weighted by atomic mass is 9.67. The molecule has 0 radical (unpaired) electrons. The maximum absolute atomic E-state index is 5.99. The number of rotatable bonds is 2. The maximum atomic E-state index is 5.99. The van der Waals surface area contributed by atoms with Crippen molar-refractivity contribution in [1.82, 2.24) is 0 Å². The third-order valence-electron chi connectivity index (χ3n) is 5.47. The molecular formula is C25H18N2. The van der Waals surface area contributed by atoms with Gasteiger partial charge in [-0.25, -0.2) is 0 Å². The Hall–Kier alpha value is -3.70. The summed E-state index contributed by atoms with van der Waals surface area (Å²) in [5, 5.41) is 0. The third-order valence-corrected chi connectivity index (χ3v) is 5.47. The first-order valence-electron chi connectivity index (χ1n) is 8.96. The molecule has 2 aliphatic rings. The molecule has 0 unspecified atom stereocenters. The Kier molecular flexibility index (Phi) is 3.26. The first kappa shape index (κ1) is 15.5. The van der Waals surface area contributed by atoms with Crippen molar-refractivity contribution in [1.29, 1.82) is 0 Å². The lowest BCUT2D eigenvalue weighted by Crippen LogP contribution is -2.29. The zero-order valence-electron chi connectivity index (χ0n) is 14.7. The molecule has 3 aromatic carbocycles. The van der Waals surface area contributed by atoms with E-state index >= 15 is 0 Å². The molecule has 0 aromatic heterocycles. The van der Waals surface area contributed by atoms with Gasteiger partial charge in [0.15, 0.2) is 0 Å². The molecule has 0 saturated carbocycles. The van der Waals surface area contributed by atoms with Gasteiger partial charge in [0.1, 0.15) is 0 Å². The predicted octanol–water partition coefficient (Wildman–Crippen LogP) is 4.68. The van der Waals surface area contributed by atoms with E-state index in [9.17, 15) is 0 Å². The molecule has 27 heavy (non-hydrogen) atoms. The highest BCUT2D eigenvalue weighted by Gasteiger charge is 2.46. The summed E-state index contributed by atoms with van der Waals surface area (Å²) in [5.74, 6) is 0. The molecule has 0 fully saturated rings. The quantitative estimate of drug-likeness (QED) is 0.523. The number of hydrogen-bond acceptors (Lipinski definition) is 2. The molecule has 0 amide bonds. The normalized spacial score (nSPS) is 15.7. The summed E-state index contributed by atoms with van der Waals surface area (Å²) < 4.78 is 0. The van der Waals surface area contributed by atoms with Crippen molar-refractivity contribution in [3.8, 4) is 11.1 Å². The zero-order valence-corrected chi connectivity index (χ0v) is 14.7. The monoisotopic (exact) mass is 346 g/mol. The van der Waals surface area contributed by atoms with Crippen LogP contribution in [0.2, 0.25) is 0 Å². The minimum atomic E-state index is -0.467. The minimum Gasteiger partial charge on any atom is -0.399 e. The van der Waals surface area contributed by atoms with E-state index in [0.717, 1.165) is 16.8 Å². The van der Waals surface area contributed by atoms with Crippen molar-refractivity contribution in [2.24, 2.45) is 5.73 Å². The van der Waals surface area contributed by atoms with Gasteiger partial charge >= 0.3 is 0 Å². The van der Waals surface area contributed by atoms with Crippen LogP contribution >= 0.6 is 0 Å². The predicted molar refractivity (Wildman–Crippen MR) is 110 cm³/mol. The van der Waals surface area contributed by atoms with Crippen molar-refractivity contribution in [2.75, 3.05) is 5.73 Å². The Morgan fingerprint density at radius 3 is 1.78 bits per heavy atom. The van der Waals surface area contributed by atoms with Crippen LogP contribution in [0.25, 0.3) is 11.1 Å². The second kappa shape index (κ2) is 5.65. The molecule has 0 saturated heterocycles. The Balaban J connectivity index is 1.98. The molecule has 2 heteroatoms. The topological polar surface area (TPSA) is 52.0 Å². The van der Waals surface area contributed by atoms with Crippen molar-refractivity contribution in [2.45, 2.75) is 5.41 Å². The molecule has 2 aliphatic carbocycles. The van der Waals surface area contributed by atoms with Crippen LogP contribution in [-0.4, -0.2) is 0 Å². The van der Waals surface area contributed by atoms with Gasteiger partial charge in [-0.05, 0) is 57.8 Å². The molecule has 0 atom stereocenters. The van der Waals surface area contributed by atoms with Crippen LogP contribution in [-0.2, 0) is 5.41 Å². The van der Waals surface area contributed by atoms with E-state index in [4.69, 9.17) is 11.5 Å². The largest absolute Gasteiger partial charge is 0.399 e. The minimum absolute atomic E-state index is 0.467. The number of nitrogens with two attached hydrogens (primary N) is 2. The average Bonchev–Trinajstić information content (AvgIpc) is 3.01. The van der Waals surface area contributed by atoms with E-state index in [1.54, 1.807) is 0 Å². The summed E-state index contributed by atoms with van der Waals surface area (Å²) in [6, 6.07) is 25.3. The fourth-order valence-electron chi connectivity index (χ4n) is 4.34. The molecule has 0 spiro atoms. The molecular weight excluding hydrogens is 328 g/mol. The lowest BCUT2D eigenvalue weighted by Gasteiger charge is -2.33. The van der Waals surface area contributed by atoms with Crippen molar-refractivity contribution in [3.63, 3.8) is 0 Å². The fourth-order valence-corrected chi connectivity index (χ4v) is 4.34. The van der Waals surface area contributed by atoms with Gasteiger partial charge in [-0.3, -0.25) is 0 Å². The van der Waals surface area contributed by atoms with Gasteiger partial charge in [0.2, 0.25) is 0 Å². The number of hydrogen-bond donors (Lipinski definition) is 2. The maximum Gasteiger partial charge on any atom is 0.0831 e. The number of allylic oxidation sites excluding steroid dienone is 3. The van der Waals surface area contributed by atoms with E-state index in [1.807, 2.05) is 18.2 Å². The van der Waals surface area contributed by atoms with Crippen LogP contribution < -0.4 is 11.5 Å². The van der Waals surface area contributed by atoms with Gasteiger partial charge in [0.25, 0.3) is 0 Å². The molecule has 0 bridgehead atoms. The SMILES string of the molecule is NC1=C=C=C(C2(c3ccc(N)cc3)c3ccccc3-c3ccccc32)C=C1. The first-order chi connectivity index (χ1) is 13.2. The summed E-state index contributed by atoms with van der Waals surface area (Å²) in [7, 11) is 0. The molecule has 2 nitrogen and oxygen atoms in total. The number of benzene rings is 3. The second-order valence-corrected chi connectivity index (χ2v) is 6.92. The van der Waals surface area contributed by atoms with Crippen LogP contribution in [0.5, 0.6) is 0 Å². The van der Waals surface area contributed by atoms with Gasteiger partial charge in [-0.2, -0.15) is 0 Å². The number of fused-ring (bicyclic) bond motifs is 3. The molecule has 128 valence electrons. The molecule has 0 heterocycles. The average molecular weight is 346 g/mol. The number of anilines is 1. The summed E-state index contributed by atoms with van der Waals surface area (Å²) in [6.45, 7) is 0. The van der Waals surface area contributed by atoms with E-state index < -0.39 is 5.41 Å². The third kappa shape index (κ3) is 2.09. The van der Waals surface area contributed by atoms with E-state index in [0.29, 0.717) is 5.70 Å². The standard InChI is InChI=1S/C25H18N2/c26-19-13-9-17(10-14-19)25(18-11-15-20(27)16-12-18)23-7-3-1-5-21(23)22-6-2-4-8-24(22)25/h1-11,13-15H,26-27H2. The smallest absolute Gasteiger partial charge is 0.0831 e. The Bertz CT molecular complexity index is 1150. The summed E-state index contributed by atoms with van der Waals surface area (Å²) in [5.41, 5.74) is 26.3. The molecule has 0 aliphatic heterocycles. The second-order valence-electron chi connectivity index (χ2n) is 6.92. The van der Waals surface area contributed by atoms with Gasteiger partial charge in [0, 0.05) is 11.3 Å². The van der Waals surface area contributed by atoms with Crippen LogP contribution in [0, 0.1) is 0 Å². The molecule has 4 N–H and O–H groups in total. The van der Waals surface area contributed by atoms with Crippen molar-refractivity contribution >= 4 is 5.69 Å². The highest BCUT2D eigenvalue weighted by Crippen LogP contribution is 2.56. The van der Waals surface area contributed by atoms with Crippen molar-refractivity contribution in [3.05, 3.63) is 124 Å². The van der Waals surface area contributed by atoms with E-state index in [-0.39, 0.29) is 0 Å². The van der Waals surface area contributed by atoms with Gasteiger partial charge in [-0.1, -0.05) is 66.4 Å². The highest BCUT2D eigenvalue weighted by molar-refractivity contribution is 5.86. The Morgan fingerprint density at radius 2 is 1.22 bits per heavy atom. The van der Waals surface area contributed by atoms with Crippen LogP contribution in [0.15, 0.2) is 108 Å². The van der Waals surface area contributed by atoms with Crippen LogP contribution in [0.1, 0.15) is 16.7 Å². The lowest BCUT2D eigenvalue weighted by molar-refractivity contribution is 0.768. The molecule has 5 rings (SSSR count). The number of nitrogen functional groups attached to an aromatic ring is 1. The van der Waals surface area contributed by atoms with Gasteiger partial charge < -0.3 is 11.5 Å².